The van der Waals surface area contributed by atoms with E-state index in [-0.39, 0.29) is 0 Å². The van der Waals surface area contributed by atoms with Gasteiger partial charge in [-0.3, -0.25) is 0 Å². The van der Waals surface area contributed by atoms with E-state index in [2.05, 4.69) is 289 Å². The summed E-state index contributed by atoms with van der Waals surface area (Å²) >= 11 is 0. The molecule has 69 heavy (non-hydrogen) atoms. The van der Waals surface area contributed by atoms with Crippen molar-refractivity contribution in [1.29, 1.82) is 0 Å². The predicted molar refractivity (Wildman–Crippen MR) is 289 cm³/mol. The zero-order valence-electron chi connectivity index (χ0n) is 38.0. The monoisotopic (exact) mass is 878 g/mol. The normalized spacial score (nSPS) is 12.5. The second-order valence-corrected chi connectivity index (χ2v) is 18.1. The third-order valence-electron chi connectivity index (χ3n) is 14.3. The molecule has 0 N–H and O–H groups in total. The van der Waals surface area contributed by atoms with Crippen LogP contribution in [-0.4, -0.2) is 4.57 Å². The van der Waals surface area contributed by atoms with Gasteiger partial charge in [-0.25, -0.2) is 0 Å². The summed E-state index contributed by atoms with van der Waals surface area (Å²) in [4.78, 5) is 2.41. The van der Waals surface area contributed by atoms with Gasteiger partial charge in [-0.1, -0.05) is 206 Å². The summed E-state index contributed by atoms with van der Waals surface area (Å²) in [6, 6.07) is 102. The minimum absolute atomic E-state index is 0.499. The Labute approximate surface area is 403 Å². The van der Waals surface area contributed by atoms with Crippen LogP contribution in [0.3, 0.4) is 0 Å². The molecule has 0 spiro atoms. The maximum Gasteiger partial charge on any atom is 0.0714 e. The lowest BCUT2D eigenvalue weighted by molar-refractivity contribution is 0.768. The topological polar surface area (TPSA) is 8.17 Å². The molecule has 1 aromatic heterocycles. The highest BCUT2D eigenvalue weighted by Gasteiger charge is 2.46. The summed E-state index contributed by atoms with van der Waals surface area (Å²) in [5.74, 6) is 0. The van der Waals surface area contributed by atoms with E-state index in [0.29, 0.717) is 0 Å². The summed E-state index contributed by atoms with van der Waals surface area (Å²) in [5.41, 5.74) is 21.1. The van der Waals surface area contributed by atoms with Gasteiger partial charge in [0.25, 0.3) is 0 Å². The average Bonchev–Trinajstić information content (AvgIpc) is 3.92. The van der Waals surface area contributed by atoms with Gasteiger partial charge in [0, 0.05) is 33.5 Å². The Morgan fingerprint density at radius 1 is 0.275 bits per heavy atom. The maximum atomic E-state index is 2.45. The number of hydrogen-bond acceptors (Lipinski definition) is 1. The van der Waals surface area contributed by atoms with E-state index in [1.807, 2.05) is 0 Å². The molecule has 0 aliphatic heterocycles. The summed E-state index contributed by atoms with van der Waals surface area (Å²) < 4.78 is 2.40. The lowest BCUT2D eigenvalue weighted by Gasteiger charge is -2.35. The van der Waals surface area contributed by atoms with Crippen molar-refractivity contribution in [2.24, 2.45) is 0 Å². The first-order valence-corrected chi connectivity index (χ1v) is 23.8. The number of rotatable bonds is 9. The van der Waals surface area contributed by atoms with Gasteiger partial charge in [0.2, 0.25) is 0 Å². The molecule has 0 saturated carbocycles. The number of aromatic nitrogens is 1. The fraction of sp³-hybridized carbons (Fsp3) is 0.0149. The average molecular weight is 879 g/mol. The van der Waals surface area contributed by atoms with Gasteiger partial charge in [0.05, 0.1) is 16.4 Å². The molecule has 0 amide bonds. The van der Waals surface area contributed by atoms with Gasteiger partial charge in [0.15, 0.2) is 0 Å². The third kappa shape index (κ3) is 6.72. The van der Waals surface area contributed by atoms with Crippen LogP contribution in [0.1, 0.15) is 22.3 Å². The molecule has 0 atom stereocenters. The summed E-state index contributed by atoms with van der Waals surface area (Å²) in [7, 11) is 0. The minimum Gasteiger partial charge on any atom is -0.310 e. The van der Waals surface area contributed by atoms with Gasteiger partial charge in [0.1, 0.15) is 0 Å². The molecule has 324 valence electrons. The molecule has 12 aromatic rings. The van der Waals surface area contributed by atoms with Crippen LogP contribution in [0, 0.1) is 0 Å². The van der Waals surface area contributed by atoms with Gasteiger partial charge in [-0.15, -0.1) is 0 Å². The molecule has 0 saturated heterocycles. The van der Waals surface area contributed by atoms with Crippen molar-refractivity contribution in [3.63, 3.8) is 0 Å². The highest BCUT2D eigenvalue weighted by Crippen LogP contribution is 2.57. The zero-order valence-corrected chi connectivity index (χ0v) is 38.0. The number of para-hydroxylation sites is 2. The summed E-state index contributed by atoms with van der Waals surface area (Å²) in [6.45, 7) is 0. The molecular formula is C67H46N2. The Kier molecular flexibility index (Phi) is 9.77. The van der Waals surface area contributed by atoms with Crippen LogP contribution in [0.4, 0.5) is 17.1 Å². The maximum absolute atomic E-state index is 2.45. The molecule has 13 rings (SSSR count). The van der Waals surface area contributed by atoms with Crippen molar-refractivity contribution in [2.45, 2.75) is 5.41 Å². The van der Waals surface area contributed by atoms with Crippen LogP contribution in [-0.2, 0) is 5.41 Å². The van der Waals surface area contributed by atoms with E-state index in [0.717, 1.165) is 28.3 Å². The summed E-state index contributed by atoms with van der Waals surface area (Å²) in [5, 5.41) is 2.48. The van der Waals surface area contributed by atoms with Crippen LogP contribution in [0.15, 0.2) is 279 Å². The molecule has 0 unspecified atom stereocenters. The molecule has 2 heteroatoms. The van der Waals surface area contributed by atoms with E-state index in [1.54, 1.807) is 0 Å². The van der Waals surface area contributed by atoms with E-state index >= 15 is 0 Å². The van der Waals surface area contributed by atoms with Gasteiger partial charge in [-0.2, -0.15) is 0 Å². The Bertz CT molecular complexity index is 3780. The molecule has 1 aliphatic carbocycles. The van der Waals surface area contributed by atoms with E-state index in [4.69, 9.17) is 0 Å². The first-order valence-electron chi connectivity index (χ1n) is 23.8. The Balaban J connectivity index is 0.901. The van der Waals surface area contributed by atoms with E-state index in [9.17, 15) is 0 Å². The molecule has 1 aliphatic rings. The summed E-state index contributed by atoms with van der Waals surface area (Å²) in [6.07, 6.45) is 0. The fourth-order valence-corrected chi connectivity index (χ4v) is 11.2. The van der Waals surface area contributed by atoms with E-state index < -0.39 is 5.41 Å². The second-order valence-electron chi connectivity index (χ2n) is 18.1. The third-order valence-corrected chi connectivity index (χ3v) is 14.3. The first-order chi connectivity index (χ1) is 34.2. The lowest BCUT2D eigenvalue weighted by atomic mass is 9.67. The SMILES string of the molecule is c1ccc(-c2ccc(-n3c4ccccc4c4cc(-c5cccc(-c6cccc(N(c7ccccc7)c7ccc8c(c7)C(c7ccccc7)(c7ccccc7)c7ccccc7-8)c6)c5)ccc43)cc2)cc1. The van der Waals surface area contributed by atoms with Crippen molar-refractivity contribution >= 4 is 38.9 Å². The predicted octanol–water partition coefficient (Wildman–Crippen LogP) is 17.6. The van der Waals surface area contributed by atoms with Crippen LogP contribution in [0.2, 0.25) is 0 Å². The highest BCUT2D eigenvalue weighted by atomic mass is 15.1. The van der Waals surface area contributed by atoms with E-state index in [1.165, 1.54) is 83.0 Å². The molecular weight excluding hydrogens is 833 g/mol. The van der Waals surface area contributed by atoms with Crippen LogP contribution in [0.25, 0.3) is 72.0 Å². The fourth-order valence-electron chi connectivity index (χ4n) is 11.2. The number of anilines is 3. The Morgan fingerprint density at radius 2 is 0.768 bits per heavy atom. The smallest absolute Gasteiger partial charge is 0.0714 e. The molecule has 0 bridgehead atoms. The molecule has 11 aromatic carbocycles. The van der Waals surface area contributed by atoms with Crippen molar-refractivity contribution in [3.05, 3.63) is 301 Å². The first kappa shape index (κ1) is 40.3. The number of hydrogen-bond donors (Lipinski definition) is 0. The Morgan fingerprint density at radius 3 is 1.49 bits per heavy atom. The number of benzene rings is 11. The van der Waals surface area contributed by atoms with Crippen molar-refractivity contribution in [2.75, 3.05) is 4.90 Å². The lowest BCUT2D eigenvalue weighted by Crippen LogP contribution is -2.28. The highest BCUT2D eigenvalue weighted by molar-refractivity contribution is 6.10. The minimum atomic E-state index is -0.499. The molecule has 0 fully saturated rings. The van der Waals surface area contributed by atoms with Crippen molar-refractivity contribution in [1.82, 2.24) is 4.57 Å². The van der Waals surface area contributed by atoms with Crippen LogP contribution >= 0.6 is 0 Å². The zero-order chi connectivity index (χ0) is 45.7. The molecule has 0 radical (unpaired) electrons. The molecule has 1 heterocycles. The van der Waals surface area contributed by atoms with Crippen molar-refractivity contribution in [3.8, 4) is 50.2 Å². The number of fused-ring (bicyclic) bond motifs is 6. The van der Waals surface area contributed by atoms with Crippen LogP contribution < -0.4 is 4.90 Å². The number of nitrogens with zero attached hydrogens (tertiary/aromatic N) is 2. The standard InChI is InChI=1S/C67H46N2/c1-5-19-47(20-6-1)48-35-38-56(39-36-48)69-65-34-16-14-32-61(65)62-45-52(37-42-66(62)69)50-22-17-21-49(43-50)51-23-18-30-57(44-51)68(55-28-11-4-12-29-55)58-40-41-60-59-31-13-15-33-63(59)67(64(60)46-58,53-24-7-2-8-25-53)54-26-9-3-10-27-54/h1-46H. The second kappa shape index (κ2) is 16.7. The van der Waals surface area contributed by atoms with Gasteiger partial charge < -0.3 is 9.47 Å². The van der Waals surface area contributed by atoms with Crippen LogP contribution in [0.5, 0.6) is 0 Å². The van der Waals surface area contributed by atoms with Gasteiger partial charge in [-0.05, 0) is 140 Å². The quantitative estimate of drug-likeness (QED) is 0.140. The Hall–Kier alpha value is -8.98. The largest absolute Gasteiger partial charge is 0.310 e. The molecule has 2 nitrogen and oxygen atoms in total. The van der Waals surface area contributed by atoms with Gasteiger partial charge >= 0.3 is 0 Å². The van der Waals surface area contributed by atoms with Crippen molar-refractivity contribution < 1.29 is 0 Å².